The predicted molar refractivity (Wildman–Crippen MR) is 62.7 cm³/mol. The van der Waals surface area contributed by atoms with Gasteiger partial charge in [0.15, 0.2) is 0 Å². The molecule has 3 nitrogen and oxygen atoms in total. The van der Waals surface area contributed by atoms with Crippen molar-refractivity contribution in [2.45, 2.75) is 26.4 Å². The smallest absolute Gasteiger partial charge is 0.0597 e. The van der Waals surface area contributed by atoms with Crippen LogP contribution < -0.4 is 0 Å². The monoisotopic (exact) mass is 259 g/mol. The molecule has 0 aliphatic rings. The van der Waals surface area contributed by atoms with Crippen LogP contribution in [0.3, 0.4) is 0 Å². The van der Waals surface area contributed by atoms with Gasteiger partial charge in [-0.25, -0.2) is 0 Å². The van der Waals surface area contributed by atoms with Gasteiger partial charge in [0.2, 0.25) is 0 Å². The van der Waals surface area contributed by atoms with Crippen LogP contribution in [0.5, 0.6) is 0 Å². The lowest BCUT2D eigenvalue weighted by Gasteiger charge is -2.22. The molecule has 1 heterocycles. The molecule has 0 amide bonds. The quantitative estimate of drug-likeness (QED) is 0.771. The van der Waals surface area contributed by atoms with E-state index in [2.05, 4.69) is 46.0 Å². The maximum absolute atomic E-state index is 4.33. The third-order valence-corrected chi connectivity index (χ3v) is 3.42. The van der Waals surface area contributed by atoms with Gasteiger partial charge in [0.1, 0.15) is 0 Å². The highest BCUT2D eigenvalue weighted by Gasteiger charge is 2.10. The van der Waals surface area contributed by atoms with Crippen molar-refractivity contribution >= 4 is 15.9 Å². The molecule has 0 aromatic carbocycles. The van der Waals surface area contributed by atoms with Crippen LogP contribution in [0.25, 0.3) is 0 Å². The molecule has 0 bridgehead atoms. The van der Waals surface area contributed by atoms with Crippen LogP contribution in [0.15, 0.2) is 6.07 Å². The molecule has 0 aliphatic heterocycles. The van der Waals surface area contributed by atoms with Crippen LogP contribution in [0, 0.1) is 6.92 Å². The van der Waals surface area contributed by atoms with E-state index in [9.17, 15) is 0 Å². The Labute approximate surface area is 94.2 Å². The van der Waals surface area contributed by atoms with Gasteiger partial charge >= 0.3 is 0 Å². The summed E-state index contributed by atoms with van der Waals surface area (Å²) < 4.78 is 1.95. The summed E-state index contributed by atoms with van der Waals surface area (Å²) in [7, 11) is 4.13. The van der Waals surface area contributed by atoms with Gasteiger partial charge < -0.3 is 0 Å². The summed E-state index contributed by atoms with van der Waals surface area (Å²) in [5.41, 5.74) is 2.35. The summed E-state index contributed by atoms with van der Waals surface area (Å²) in [5.74, 6) is 0. The zero-order valence-corrected chi connectivity index (χ0v) is 10.9. The first-order valence-corrected chi connectivity index (χ1v) is 5.92. The van der Waals surface area contributed by atoms with Gasteiger partial charge in [0.05, 0.1) is 11.4 Å². The van der Waals surface area contributed by atoms with Crippen molar-refractivity contribution in [2.75, 3.05) is 12.4 Å². The largest absolute Gasteiger partial charge is 0.297 e. The fourth-order valence-electron chi connectivity index (χ4n) is 1.34. The van der Waals surface area contributed by atoms with Crippen molar-refractivity contribution in [3.8, 4) is 0 Å². The summed E-state index contributed by atoms with van der Waals surface area (Å²) in [6.07, 6.45) is 0. The minimum atomic E-state index is 0.546. The van der Waals surface area contributed by atoms with Crippen molar-refractivity contribution in [1.82, 2.24) is 14.7 Å². The Hall–Kier alpha value is -0.350. The van der Waals surface area contributed by atoms with Gasteiger partial charge in [-0.3, -0.25) is 9.58 Å². The first-order valence-electron chi connectivity index (χ1n) is 4.80. The van der Waals surface area contributed by atoms with Gasteiger partial charge in [0, 0.05) is 25.0 Å². The second-order valence-corrected chi connectivity index (χ2v) is 4.47. The molecule has 1 aromatic heterocycles. The molecule has 0 N–H and O–H groups in total. The fourth-order valence-corrected chi connectivity index (χ4v) is 1.84. The van der Waals surface area contributed by atoms with Gasteiger partial charge in [0.25, 0.3) is 0 Å². The average Bonchev–Trinajstić information content (AvgIpc) is 2.44. The lowest BCUT2D eigenvalue weighted by Crippen LogP contribution is -2.30. The summed E-state index contributed by atoms with van der Waals surface area (Å²) in [6, 6.07) is 2.68. The van der Waals surface area contributed by atoms with Crippen LogP contribution in [0.2, 0.25) is 0 Å². The molecule has 0 saturated heterocycles. The molecule has 1 aromatic rings. The van der Waals surface area contributed by atoms with Crippen molar-refractivity contribution < 1.29 is 0 Å². The average molecular weight is 260 g/mol. The second-order valence-electron chi connectivity index (χ2n) is 3.82. The highest BCUT2D eigenvalue weighted by atomic mass is 79.9. The maximum Gasteiger partial charge on any atom is 0.0597 e. The van der Waals surface area contributed by atoms with Crippen molar-refractivity contribution in [3.63, 3.8) is 0 Å². The molecule has 14 heavy (non-hydrogen) atoms. The Balaban J connectivity index is 2.64. The standard InChI is InChI=1S/C10H18BrN3/c1-8-5-10(14(4)12-8)7-13(3)9(2)6-11/h5,9H,6-7H2,1-4H3. The highest BCUT2D eigenvalue weighted by molar-refractivity contribution is 9.09. The molecule has 1 atom stereocenters. The first kappa shape index (κ1) is 11.7. The van der Waals surface area contributed by atoms with Crippen molar-refractivity contribution in [3.05, 3.63) is 17.5 Å². The molecule has 0 saturated carbocycles. The molecule has 1 unspecified atom stereocenters. The number of halogens is 1. The maximum atomic E-state index is 4.33. The van der Waals surface area contributed by atoms with Crippen molar-refractivity contribution in [1.29, 1.82) is 0 Å². The topological polar surface area (TPSA) is 21.1 Å². The Morgan fingerprint density at radius 2 is 2.29 bits per heavy atom. The number of aryl methyl sites for hydroxylation is 2. The van der Waals surface area contributed by atoms with Gasteiger partial charge in [-0.1, -0.05) is 15.9 Å². The number of aromatic nitrogens is 2. The number of nitrogens with zero attached hydrogens (tertiary/aromatic N) is 3. The predicted octanol–water partition coefficient (Wildman–Crippen LogP) is 1.94. The van der Waals surface area contributed by atoms with E-state index >= 15 is 0 Å². The Morgan fingerprint density at radius 3 is 2.71 bits per heavy atom. The molecule has 1 rings (SSSR count). The molecule has 4 heteroatoms. The van der Waals surface area contributed by atoms with Gasteiger partial charge in [-0.05, 0) is 27.0 Å². The molecule has 0 radical (unpaired) electrons. The van der Waals surface area contributed by atoms with E-state index in [1.807, 2.05) is 18.7 Å². The number of hydrogen-bond donors (Lipinski definition) is 0. The minimum absolute atomic E-state index is 0.546. The van der Waals surface area contributed by atoms with E-state index in [-0.39, 0.29) is 0 Å². The summed E-state index contributed by atoms with van der Waals surface area (Å²) in [6.45, 7) is 5.18. The lowest BCUT2D eigenvalue weighted by molar-refractivity contribution is 0.263. The van der Waals surface area contributed by atoms with Crippen LogP contribution in [0.4, 0.5) is 0 Å². The molecular formula is C10H18BrN3. The molecule has 80 valence electrons. The van der Waals surface area contributed by atoms with Crippen LogP contribution in [-0.4, -0.2) is 33.1 Å². The molecule has 0 spiro atoms. The Morgan fingerprint density at radius 1 is 1.64 bits per heavy atom. The second kappa shape index (κ2) is 4.94. The van der Waals surface area contributed by atoms with E-state index in [4.69, 9.17) is 0 Å². The van der Waals surface area contributed by atoms with E-state index in [1.165, 1.54) is 5.69 Å². The first-order chi connectivity index (χ1) is 6.54. The van der Waals surface area contributed by atoms with E-state index in [0.717, 1.165) is 17.6 Å². The summed E-state index contributed by atoms with van der Waals surface area (Å²) in [4.78, 5) is 2.31. The van der Waals surface area contributed by atoms with Crippen LogP contribution >= 0.6 is 15.9 Å². The lowest BCUT2D eigenvalue weighted by atomic mass is 10.3. The fraction of sp³-hybridized carbons (Fsp3) is 0.700. The Kier molecular flexibility index (Phi) is 4.13. The number of rotatable bonds is 4. The SMILES string of the molecule is Cc1cc(CN(C)C(C)CBr)n(C)n1. The zero-order chi connectivity index (χ0) is 10.7. The van der Waals surface area contributed by atoms with Crippen LogP contribution in [0.1, 0.15) is 18.3 Å². The van der Waals surface area contributed by atoms with Gasteiger partial charge in [-0.15, -0.1) is 0 Å². The number of alkyl halides is 1. The summed E-state index contributed by atoms with van der Waals surface area (Å²) in [5, 5.41) is 5.33. The molecule has 0 aliphatic carbocycles. The Bertz CT molecular complexity index is 296. The zero-order valence-electron chi connectivity index (χ0n) is 9.29. The van der Waals surface area contributed by atoms with Gasteiger partial charge in [-0.2, -0.15) is 5.10 Å². The van der Waals surface area contributed by atoms with Crippen LogP contribution in [-0.2, 0) is 13.6 Å². The molecule has 0 fully saturated rings. The van der Waals surface area contributed by atoms with E-state index < -0.39 is 0 Å². The van der Waals surface area contributed by atoms with E-state index in [0.29, 0.717) is 6.04 Å². The third-order valence-electron chi connectivity index (χ3n) is 2.49. The highest BCUT2D eigenvalue weighted by Crippen LogP contribution is 2.08. The van der Waals surface area contributed by atoms with E-state index in [1.54, 1.807) is 0 Å². The number of hydrogen-bond acceptors (Lipinski definition) is 2. The minimum Gasteiger partial charge on any atom is -0.297 e. The summed E-state index contributed by atoms with van der Waals surface area (Å²) >= 11 is 3.49. The molecular weight excluding hydrogens is 242 g/mol. The third kappa shape index (κ3) is 2.82. The van der Waals surface area contributed by atoms with Crippen molar-refractivity contribution in [2.24, 2.45) is 7.05 Å². The normalized spacial score (nSPS) is 13.6.